The third-order valence-corrected chi connectivity index (χ3v) is 6.72. The van der Waals surface area contributed by atoms with Crippen molar-refractivity contribution >= 4 is 23.2 Å². The van der Waals surface area contributed by atoms with E-state index in [1.165, 1.54) is 0 Å². The molecule has 1 aromatic heterocycles. The van der Waals surface area contributed by atoms with Crippen molar-refractivity contribution in [1.82, 2.24) is 19.8 Å². The number of aromatic amines is 1. The fourth-order valence-corrected chi connectivity index (χ4v) is 4.79. The van der Waals surface area contributed by atoms with Gasteiger partial charge in [0.25, 0.3) is 5.91 Å². The van der Waals surface area contributed by atoms with E-state index in [0.29, 0.717) is 24.2 Å². The Balaban J connectivity index is 1.58. The second-order valence-corrected chi connectivity index (χ2v) is 8.89. The summed E-state index contributed by atoms with van der Waals surface area (Å²) in [5.74, 6) is -0.405. The van der Waals surface area contributed by atoms with E-state index in [1.54, 1.807) is 12.4 Å². The lowest BCUT2D eigenvalue weighted by atomic mass is 10.00. The smallest absolute Gasteiger partial charge is 0.253 e. The summed E-state index contributed by atoms with van der Waals surface area (Å²) in [5.41, 5.74) is 9.77. The fourth-order valence-electron chi connectivity index (χ4n) is 4.79. The number of nitrogens with one attached hydrogen (secondary N) is 1. The van der Waals surface area contributed by atoms with Gasteiger partial charge in [-0.05, 0) is 69.2 Å². The van der Waals surface area contributed by atoms with E-state index in [-0.39, 0.29) is 11.9 Å². The van der Waals surface area contributed by atoms with E-state index >= 15 is 0 Å². The number of hydrogen-bond donors (Lipinski definition) is 2. The lowest BCUT2D eigenvalue weighted by Crippen LogP contribution is -2.43. The van der Waals surface area contributed by atoms with Gasteiger partial charge in [0.2, 0.25) is 5.91 Å². The van der Waals surface area contributed by atoms with Crippen LogP contribution in [0, 0.1) is 0 Å². The summed E-state index contributed by atoms with van der Waals surface area (Å²) in [6.45, 7) is 8.10. The fraction of sp³-hybridized carbons (Fsp3) is 0.370. The second kappa shape index (κ2) is 11.2. The molecule has 3 N–H and O–H groups in total. The number of nitrogens with zero attached hydrogens (tertiary/aromatic N) is 4. The van der Waals surface area contributed by atoms with Crippen molar-refractivity contribution in [3.05, 3.63) is 77.9 Å². The van der Waals surface area contributed by atoms with Crippen LogP contribution in [0.1, 0.15) is 53.1 Å². The number of anilines is 2. The first-order valence-corrected chi connectivity index (χ1v) is 12.3. The van der Waals surface area contributed by atoms with Gasteiger partial charge in [-0.3, -0.25) is 14.5 Å². The molecular weight excluding hydrogens is 440 g/mol. The Hall–Kier alpha value is -3.65. The molecule has 1 aliphatic rings. The van der Waals surface area contributed by atoms with Crippen LogP contribution in [-0.4, -0.2) is 63.8 Å². The van der Waals surface area contributed by atoms with Gasteiger partial charge in [0.15, 0.2) is 0 Å². The quantitative estimate of drug-likeness (QED) is 0.492. The lowest BCUT2D eigenvalue weighted by molar-refractivity contribution is 0.0772. The number of aromatic nitrogens is 2. The molecule has 1 saturated heterocycles. The molecule has 8 nitrogen and oxygen atoms in total. The minimum atomic E-state index is -0.443. The van der Waals surface area contributed by atoms with Crippen LogP contribution >= 0.6 is 0 Å². The highest BCUT2D eigenvalue weighted by atomic mass is 16.2. The van der Waals surface area contributed by atoms with Crippen LogP contribution in [0.25, 0.3) is 0 Å². The van der Waals surface area contributed by atoms with Crippen molar-refractivity contribution in [3.8, 4) is 0 Å². The van der Waals surface area contributed by atoms with Gasteiger partial charge in [-0.2, -0.15) is 0 Å². The standard InChI is InChI=1S/C27H34N6O2/c1-3-32(4-2)27(35)20-8-10-23(11-9-20)33(25-7-5-6-21(16-25)26(28)34)24-12-14-31(15-13-24)18-22-17-29-19-30-22/h5-11,16-17,19,24H,3-4,12-15,18H2,1-2H3,(H2,28,34)(H,29,30). The summed E-state index contributed by atoms with van der Waals surface area (Å²) < 4.78 is 0. The zero-order valence-electron chi connectivity index (χ0n) is 20.5. The molecule has 0 unspecified atom stereocenters. The second-order valence-electron chi connectivity index (χ2n) is 8.89. The van der Waals surface area contributed by atoms with Gasteiger partial charge >= 0.3 is 0 Å². The maximum Gasteiger partial charge on any atom is 0.253 e. The van der Waals surface area contributed by atoms with Crippen molar-refractivity contribution in [2.24, 2.45) is 5.73 Å². The normalized spacial score (nSPS) is 14.6. The first-order chi connectivity index (χ1) is 17.0. The summed E-state index contributed by atoms with van der Waals surface area (Å²) in [4.78, 5) is 38.5. The minimum absolute atomic E-state index is 0.0379. The maximum atomic E-state index is 12.8. The Morgan fingerprint density at radius 3 is 2.34 bits per heavy atom. The maximum absolute atomic E-state index is 12.8. The largest absolute Gasteiger partial charge is 0.366 e. The van der Waals surface area contributed by atoms with E-state index in [9.17, 15) is 9.59 Å². The number of piperidine rings is 1. The average Bonchev–Trinajstić information content (AvgIpc) is 3.39. The average molecular weight is 475 g/mol. The van der Waals surface area contributed by atoms with Crippen molar-refractivity contribution in [2.75, 3.05) is 31.1 Å². The highest BCUT2D eigenvalue weighted by Gasteiger charge is 2.27. The van der Waals surface area contributed by atoms with Crippen LogP contribution in [-0.2, 0) is 6.54 Å². The molecule has 2 aromatic carbocycles. The molecule has 0 atom stereocenters. The SMILES string of the molecule is CCN(CC)C(=O)c1ccc(N(c2cccc(C(N)=O)c2)C2CCN(Cc3cnc[nH]3)CC2)cc1. The van der Waals surface area contributed by atoms with Crippen molar-refractivity contribution in [2.45, 2.75) is 39.3 Å². The van der Waals surface area contributed by atoms with Crippen LogP contribution in [0.4, 0.5) is 11.4 Å². The number of carbonyl (C=O) groups excluding carboxylic acids is 2. The highest BCUT2D eigenvalue weighted by molar-refractivity contribution is 5.95. The Bertz CT molecular complexity index is 1120. The number of hydrogen-bond acceptors (Lipinski definition) is 5. The molecular formula is C27H34N6O2. The number of rotatable bonds is 9. The molecule has 2 heterocycles. The predicted molar refractivity (Wildman–Crippen MR) is 138 cm³/mol. The molecule has 1 fully saturated rings. The van der Waals surface area contributed by atoms with E-state index < -0.39 is 5.91 Å². The predicted octanol–water partition coefficient (Wildman–Crippen LogP) is 3.79. The van der Waals surface area contributed by atoms with Crippen molar-refractivity contribution < 1.29 is 9.59 Å². The summed E-state index contributed by atoms with van der Waals surface area (Å²) in [5, 5.41) is 0. The first-order valence-electron chi connectivity index (χ1n) is 12.3. The Morgan fingerprint density at radius 2 is 1.74 bits per heavy atom. The topological polar surface area (TPSA) is 98.6 Å². The van der Waals surface area contributed by atoms with Crippen LogP contribution in [0.5, 0.6) is 0 Å². The number of primary amides is 1. The van der Waals surface area contributed by atoms with Crippen molar-refractivity contribution in [1.29, 1.82) is 0 Å². The van der Waals surface area contributed by atoms with E-state index in [2.05, 4.69) is 19.8 Å². The van der Waals surface area contributed by atoms with Crippen LogP contribution in [0.3, 0.4) is 0 Å². The van der Waals surface area contributed by atoms with E-state index in [4.69, 9.17) is 5.73 Å². The van der Waals surface area contributed by atoms with E-state index in [0.717, 1.165) is 49.5 Å². The molecule has 0 bridgehead atoms. The van der Waals surface area contributed by atoms with Crippen LogP contribution in [0.15, 0.2) is 61.1 Å². The number of H-pyrrole nitrogens is 1. The van der Waals surface area contributed by atoms with Gasteiger partial charge in [0.05, 0.1) is 6.33 Å². The van der Waals surface area contributed by atoms with Crippen LogP contribution < -0.4 is 10.6 Å². The Labute approximate surface area is 206 Å². The third kappa shape index (κ3) is 5.71. The molecule has 1 aliphatic heterocycles. The minimum Gasteiger partial charge on any atom is -0.366 e. The number of likely N-dealkylation sites (tertiary alicyclic amines) is 1. The summed E-state index contributed by atoms with van der Waals surface area (Å²) in [6, 6.07) is 15.5. The number of benzene rings is 2. The van der Waals surface area contributed by atoms with E-state index in [1.807, 2.05) is 67.4 Å². The molecule has 4 rings (SSSR count). The summed E-state index contributed by atoms with van der Waals surface area (Å²) in [7, 11) is 0. The summed E-state index contributed by atoms with van der Waals surface area (Å²) >= 11 is 0. The summed E-state index contributed by atoms with van der Waals surface area (Å²) in [6.07, 6.45) is 5.52. The van der Waals surface area contributed by atoms with Gasteiger partial charge in [-0.25, -0.2) is 4.98 Å². The monoisotopic (exact) mass is 474 g/mol. The van der Waals surface area contributed by atoms with Gasteiger partial charge < -0.3 is 20.5 Å². The number of amides is 2. The molecule has 0 saturated carbocycles. The molecule has 2 amide bonds. The van der Waals surface area contributed by atoms with Gasteiger partial charge in [0.1, 0.15) is 0 Å². The number of carbonyl (C=O) groups is 2. The molecule has 0 radical (unpaired) electrons. The van der Waals surface area contributed by atoms with Gasteiger partial charge in [-0.15, -0.1) is 0 Å². The first kappa shape index (κ1) is 24.5. The zero-order chi connectivity index (χ0) is 24.8. The molecule has 184 valence electrons. The lowest BCUT2D eigenvalue weighted by Gasteiger charge is -2.40. The highest BCUT2D eigenvalue weighted by Crippen LogP contribution is 2.33. The Morgan fingerprint density at radius 1 is 1.03 bits per heavy atom. The molecule has 8 heteroatoms. The van der Waals surface area contributed by atoms with Gasteiger partial charge in [-0.1, -0.05) is 6.07 Å². The third-order valence-electron chi connectivity index (χ3n) is 6.72. The number of nitrogens with two attached hydrogens (primary N) is 1. The molecule has 35 heavy (non-hydrogen) atoms. The molecule has 0 spiro atoms. The van der Waals surface area contributed by atoms with Gasteiger partial charge in [0, 0.05) is 73.2 Å². The number of imidazole rings is 1. The Kier molecular flexibility index (Phi) is 7.82. The molecule has 3 aromatic rings. The van der Waals surface area contributed by atoms with Crippen molar-refractivity contribution in [3.63, 3.8) is 0 Å². The van der Waals surface area contributed by atoms with Crippen LogP contribution in [0.2, 0.25) is 0 Å². The molecule has 0 aliphatic carbocycles. The zero-order valence-corrected chi connectivity index (χ0v) is 20.5.